The highest BCUT2D eigenvalue weighted by atomic mass is 15.3. The van der Waals surface area contributed by atoms with Gasteiger partial charge in [0.1, 0.15) is 5.52 Å². The zero-order valence-corrected chi connectivity index (χ0v) is 12.8. The highest BCUT2D eigenvalue weighted by Gasteiger charge is 2.19. The molecule has 1 N–H and O–H groups in total. The molecule has 3 heterocycles. The average Bonchev–Trinajstić information content (AvgIpc) is 3.02. The fraction of sp³-hybridized carbons (Fsp3) is 0.400. The van der Waals surface area contributed by atoms with Gasteiger partial charge in [0, 0.05) is 31.1 Å². The van der Waals surface area contributed by atoms with Crippen LogP contribution in [0.2, 0.25) is 0 Å². The van der Waals surface area contributed by atoms with Gasteiger partial charge in [-0.25, -0.2) is 9.50 Å². The van der Waals surface area contributed by atoms with Crippen molar-refractivity contribution < 1.29 is 0 Å². The van der Waals surface area contributed by atoms with Crippen molar-refractivity contribution in [3.63, 3.8) is 0 Å². The van der Waals surface area contributed by atoms with Gasteiger partial charge in [0.05, 0.1) is 17.9 Å². The lowest BCUT2D eigenvalue weighted by molar-refractivity contribution is 0.562. The van der Waals surface area contributed by atoms with Crippen LogP contribution in [0.25, 0.3) is 5.52 Å². The Labute approximate surface area is 123 Å². The van der Waals surface area contributed by atoms with Crippen LogP contribution >= 0.6 is 0 Å². The maximum Gasteiger partial charge on any atom is 0.152 e. The molecule has 3 aromatic heterocycles. The van der Waals surface area contributed by atoms with Crippen LogP contribution in [0.3, 0.4) is 0 Å². The van der Waals surface area contributed by atoms with Gasteiger partial charge in [-0.05, 0) is 12.1 Å². The van der Waals surface area contributed by atoms with E-state index < -0.39 is 0 Å². The molecule has 0 atom stereocenters. The number of aryl methyl sites for hydroxylation is 1. The summed E-state index contributed by atoms with van der Waals surface area (Å²) in [5.74, 6) is 0.835. The molecule has 0 aliphatic rings. The summed E-state index contributed by atoms with van der Waals surface area (Å²) in [4.78, 5) is 4.43. The first-order chi connectivity index (χ1) is 9.95. The third-order valence-electron chi connectivity index (χ3n) is 3.52. The number of nitrogens with zero attached hydrogens (tertiary/aromatic N) is 5. The Morgan fingerprint density at radius 3 is 2.71 bits per heavy atom. The summed E-state index contributed by atoms with van der Waals surface area (Å²) < 4.78 is 3.73. The number of hydrogen-bond donors (Lipinski definition) is 1. The Bertz CT molecular complexity index is 762. The van der Waals surface area contributed by atoms with Crippen molar-refractivity contribution in [3.05, 3.63) is 42.1 Å². The Hall–Kier alpha value is -2.37. The highest BCUT2D eigenvalue weighted by Crippen LogP contribution is 2.24. The third kappa shape index (κ3) is 2.61. The van der Waals surface area contributed by atoms with E-state index >= 15 is 0 Å². The second kappa shape index (κ2) is 4.87. The number of nitrogens with one attached hydrogen (secondary N) is 1. The molecule has 3 aromatic rings. The molecule has 0 fully saturated rings. The van der Waals surface area contributed by atoms with Gasteiger partial charge < -0.3 is 5.32 Å². The van der Waals surface area contributed by atoms with Crippen molar-refractivity contribution in [2.24, 2.45) is 7.05 Å². The number of fused-ring (bicyclic) bond motifs is 1. The Morgan fingerprint density at radius 1 is 1.24 bits per heavy atom. The minimum Gasteiger partial charge on any atom is -0.363 e. The fourth-order valence-electron chi connectivity index (χ4n) is 2.17. The van der Waals surface area contributed by atoms with E-state index in [1.54, 1.807) is 12.4 Å². The smallest absolute Gasteiger partial charge is 0.152 e. The van der Waals surface area contributed by atoms with Crippen molar-refractivity contribution in [2.45, 2.75) is 32.7 Å². The molecule has 0 saturated carbocycles. The molecule has 21 heavy (non-hydrogen) atoms. The van der Waals surface area contributed by atoms with Crippen LogP contribution in [0.4, 0.5) is 5.82 Å². The molecule has 0 unspecified atom stereocenters. The first-order valence-electron chi connectivity index (χ1n) is 7.01. The molecule has 0 aliphatic carbocycles. The van der Waals surface area contributed by atoms with Crippen LogP contribution in [-0.4, -0.2) is 24.4 Å². The topological polar surface area (TPSA) is 60.0 Å². The molecule has 0 saturated heterocycles. The van der Waals surface area contributed by atoms with E-state index in [0.29, 0.717) is 6.54 Å². The van der Waals surface area contributed by atoms with Gasteiger partial charge in [-0.2, -0.15) is 10.2 Å². The Balaban J connectivity index is 1.92. The lowest BCUT2D eigenvalue weighted by Crippen LogP contribution is -2.11. The van der Waals surface area contributed by atoms with Crippen molar-refractivity contribution >= 4 is 11.3 Å². The first kappa shape index (κ1) is 13.6. The Morgan fingerprint density at radius 2 is 2.05 bits per heavy atom. The summed E-state index contributed by atoms with van der Waals surface area (Å²) in [7, 11) is 1.93. The van der Waals surface area contributed by atoms with Gasteiger partial charge >= 0.3 is 0 Å². The van der Waals surface area contributed by atoms with Crippen LogP contribution in [0.1, 0.15) is 32.2 Å². The van der Waals surface area contributed by atoms with Crippen molar-refractivity contribution in [3.8, 4) is 0 Å². The normalized spacial score (nSPS) is 12.0. The zero-order valence-electron chi connectivity index (χ0n) is 12.8. The summed E-state index contributed by atoms with van der Waals surface area (Å²) in [6, 6.07) is 4.09. The van der Waals surface area contributed by atoms with E-state index in [1.165, 1.54) is 0 Å². The van der Waals surface area contributed by atoms with E-state index in [9.17, 15) is 0 Å². The van der Waals surface area contributed by atoms with Gasteiger partial charge in [-0.1, -0.05) is 20.8 Å². The van der Waals surface area contributed by atoms with Gasteiger partial charge in [0.15, 0.2) is 5.82 Å². The molecule has 6 nitrogen and oxygen atoms in total. The molecular formula is C15H20N6. The SMILES string of the molecule is Cn1nccc1CNc1nccn2nc(C(C)(C)C)cc12. The summed E-state index contributed by atoms with van der Waals surface area (Å²) in [5.41, 5.74) is 3.17. The van der Waals surface area contributed by atoms with E-state index in [4.69, 9.17) is 0 Å². The van der Waals surface area contributed by atoms with Gasteiger partial charge in [-0.3, -0.25) is 4.68 Å². The molecule has 0 radical (unpaired) electrons. The zero-order chi connectivity index (χ0) is 15.0. The Kier molecular flexibility index (Phi) is 3.16. The molecule has 110 valence electrons. The minimum absolute atomic E-state index is 0.0192. The fourth-order valence-corrected chi connectivity index (χ4v) is 2.17. The summed E-state index contributed by atoms with van der Waals surface area (Å²) in [6.45, 7) is 7.15. The van der Waals surface area contributed by atoms with E-state index in [0.717, 1.165) is 22.7 Å². The average molecular weight is 284 g/mol. The van der Waals surface area contributed by atoms with Crippen LogP contribution < -0.4 is 5.32 Å². The standard InChI is InChI=1S/C15H20N6/c1-15(2,3)13-9-12-14(16-7-8-21(12)19-13)17-10-11-5-6-18-20(11)4/h5-9H,10H2,1-4H3,(H,16,17). The lowest BCUT2D eigenvalue weighted by atomic mass is 9.92. The number of rotatable bonds is 3. The molecule has 6 heteroatoms. The molecule has 0 spiro atoms. The van der Waals surface area contributed by atoms with Crippen molar-refractivity contribution in [1.29, 1.82) is 0 Å². The highest BCUT2D eigenvalue weighted by molar-refractivity contribution is 5.68. The minimum atomic E-state index is 0.0192. The van der Waals surface area contributed by atoms with Crippen LogP contribution in [0.5, 0.6) is 0 Å². The van der Waals surface area contributed by atoms with Crippen LogP contribution in [0.15, 0.2) is 30.7 Å². The third-order valence-corrected chi connectivity index (χ3v) is 3.52. The van der Waals surface area contributed by atoms with Crippen molar-refractivity contribution in [1.82, 2.24) is 24.4 Å². The van der Waals surface area contributed by atoms with Gasteiger partial charge in [-0.15, -0.1) is 0 Å². The summed E-state index contributed by atoms with van der Waals surface area (Å²) in [6.07, 6.45) is 5.43. The summed E-state index contributed by atoms with van der Waals surface area (Å²) in [5, 5.41) is 12.2. The lowest BCUT2D eigenvalue weighted by Gasteiger charge is -2.13. The predicted molar refractivity (Wildman–Crippen MR) is 82.2 cm³/mol. The maximum absolute atomic E-state index is 4.63. The monoisotopic (exact) mass is 284 g/mol. The number of anilines is 1. The largest absolute Gasteiger partial charge is 0.363 e. The second-order valence-electron chi connectivity index (χ2n) is 6.18. The summed E-state index contributed by atoms with van der Waals surface area (Å²) >= 11 is 0. The van der Waals surface area contributed by atoms with Crippen molar-refractivity contribution in [2.75, 3.05) is 5.32 Å². The quantitative estimate of drug-likeness (QED) is 0.802. The first-order valence-corrected chi connectivity index (χ1v) is 7.01. The molecule has 0 aliphatic heterocycles. The molecule has 0 bridgehead atoms. The van der Waals surface area contributed by atoms with Gasteiger partial charge in [0.25, 0.3) is 0 Å². The van der Waals surface area contributed by atoms with Crippen LogP contribution in [0, 0.1) is 0 Å². The second-order valence-corrected chi connectivity index (χ2v) is 6.18. The van der Waals surface area contributed by atoms with Gasteiger partial charge in [0.2, 0.25) is 0 Å². The van der Waals surface area contributed by atoms with E-state index in [2.05, 4.69) is 47.3 Å². The van der Waals surface area contributed by atoms with E-state index in [-0.39, 0.29) is 5.41 Å². The molecule has 0 amide bonds. The number of hydrogen-bond acceptors (Lipinski definition) is 4. The number of aromatic nitrogens is 5. The van der Waals surface area contributed by atoms with E-state index in [1.807, 2.05) is 28.5 Å². The molecule has 0 aromatic carbocycles. The predicted octanol–water partition coefficient (Wildman–Crippen LogP) is 2.37. The molecule has 3 rings (SSSR count). The maximum atomic E-state index is 4.63. The van der Waals surface area contributed by atoms with Crippen LogP contribution in [-0.2, 0) is 19.0 Å². The molecular weight excluding hydrogens is 264 g/mol.